The maximum atomic E-state index is 11.3. The number of benzene rings is 1. The first kappa shape index (κ1) is 14.7. The Morgan fingerprint density at radius 3 is 2.70 bits per heavy atom. The lowest BCUT2D eigenvalue weighted by Gasteiger charge is -2.40. The number of anilines is 2. The molecule has 110 valence electrons. The third kappa shape index (κ3) is 2.72. The Kier molecular flexibility index (Phi) is 4.18. The van der Waals surface area contributed by atoms with E-state index in [1.54, 1.807) is 6.07 Å². The first-order chi connectivity index (χ1) is 9.43. The van der Waals surface area contributed by atoms with Gasteiger partial charge in [-0.2, -0.15) is 0 Å². The van der Waals surface area contributed by atoms with Gasteiger partial charge < -0.3 is 15.7 Å². The number of aryl methyl sites for hydroxylation is 1. The van der Waals surface area contributed by atoms with Crippen LogP contribution in [0.4, 0.5) is 11.4 Å². The number of piperazine rings is 1. The number of aromatic carboxylic acids is 1. The van der Waals surface area contributed by atoms with E-state index in [2.05, 4.69) is 23.6 Å². The van der Waals surface area contributed by atoms with Crippen molar-refractivity contribution in [3.05, 3.63) is 23.3 Å². The van der Waals surface area contributed by atoms with Crippen molar-refractivity contribution in [2.24, 2.45) is 0 Å². The monoisotopic (exact) mass is 277 g/mol. The van der Waals surface area contributed by atoms with Gasteiger partial charge in [0.1, 0.15) is 0 Å². The zero-order valence-electron chi connectivity index (χ0n) is 12.4. The lowest BCUT2D eigenvalue weighted by molar-refractivity contribution is 0.0698. The van der Waals surface area contributed by atoms with E-state index in [0.717, 1.165) is 37.4 Å². The molecule has 20 heavy (non-hydrogen) atoms. The van der Waals surface area contributed by atoms with Crippen molar-refractivity contribution in [1.82, 2.24) is 4.90 Å². The maximum Gasteiger partial charge on any atom is 0.337 e. The smallest absolute Gasteiger partial charge is 0.337 e. The molecule has 5 nitrogen and oxygen atoms in total. The van der Waals surface area contributed by atoms with Gasteiger partial charge >= 0.3 is 5.97 Å². The molecule has 1 aromatic carbocycles. The van der Waals surface area contributed by atoms with Gasteiger partial charge in [-0.25, -0.2) is 4.79 Å². The van der Waals surface area contributed by atoms with Crippen molar-refractivity contribution >= 4 is 17.3 Å². The summed E-state index contributed by atoms with van der Waals surface area (Å²) in [4.78, 5) is 15.9. The molecule has 0 radical (unpaired) electrons. The summed E-state index contributed by atoms with van der Waals surface area (Å²) in [7, 11) is 0. The average molecular weight is 277 g/mol. The van der Waals surface area contributed by atoms with Crippen molar-refractivity contribution in [3.63, 3.8) is 0 Å². The maximum absolute atomic E-state index is 11.3. The highest BCUT2D eigenvalue weighted by Crippen LogP contribution is 2.27. The molecule has 3 N–H and O–H groups in total. The lowest BCUT2D eigenvalue weighted by atomic mass is 10.0. The lowest BCUT2D eigenvalue weighted by Crippen LogP contribution is -2.51. The molecule has 1 heterocycles. The molecule has 0 spiro atoms. The molecule has 1 saturated heterocycles. The zero-order valence-corrected chi connectivity index (χ0v) is 12.4. The Bertz CT molecular complexity index is 516. The van der Waals surface area contributed by atoms with Crippen LogP contribution >= 0.6 is 0 Å². The molecule has 1 aliphatic rings. The van der Waals surface area contributed by atoms with Crippen LogP contribution in [0.1, 0.15) is 29.8 Å². The van der Waals surface area contributed by atoms with Crippen LogP contribution in [-0.4, -0.2) is 48.2 Å². The van der Waals surface area contributed by atoms with Crippen LogP contribution in [0, 0.1) is 6.92 Å². The van der Waals surface area contributed by atoms with Crippen molar-refractivity contribution in [1.29, 1.82) is 0 Å². The SMILES string of the molecule is CCN1CCN(c2cc(C)c(N)c(C(=O)O)c2)CC1C. The van der Waals surface area contributed by atoms with E-state index in [1.165, 1.54) is 0 Å². The van der Waals surface area contributed by atoms with Gasteiger partial charge in [0.2, 0.25) is 0 Å². The summed E-state index contributed by atoms with van der Waals surface area (Å²) in [5, 5.41) is 9.24. The largest absolute Gasteiger partial charge is 0.478 e. The van der Waals surface area contributed by atoms with Crippen LogP contribution in [0.2, 0.25) is 0 Å². The number of hydrogen-bond acceptors (Lipinski definition) is 4. The van der Waals surface area contributed by atoms with Crippen molar-refractivity contribution in [3.8, 4) is 0 Å². The normalized spacial score (nSPS) is 20.1. The van der Waals surface area contributed by atoms with Gasteiger partial charge in [0.25, 0.3) is 0 Å². The molecule has 1 aliphatic heterocycles. The minimum Gasteiger partial charge on any atom is -0.478 e. The van der Waals surface area contributed by atoms with E-state index in [0.29, 0.717) is 11.7 Å². The van der Waals surface area contributed by atoms with Crippen LogP contribution in [-0.2, 0) is 0 Å². The van der Waals surface area contributed by atoms with Crippen LogP contribution in [0.5, 0.6) is 0 Å². The summed E-state index contributed by atoms with van der Waals surface area (Å²) in [6.07, 6.45) is 0. The Morgan fingerprint density at radius 2 is 2.15 bits per heavy atom. The number of carbonyl (C=O) groups is 1. The molecule has 5 heteroatoms. The van der Waals surface area contributed by atoms with E-state index in [-0.39, 0.29) is 5.56 Å². The molecule has 0 aromatic heterocycles. The molecular formula is C15H23N3O2. The first-order valence-electron chi connectivity index (χ1n) is 7.06. The van der Waals surface area contributed by atoms with E-state index >= 15 is 0 Å². The highest BCUT2D eigenvalue weighted by atomic mass is 16.4. The standard InChI is InChI=1S/C15H23N3O2/c1-4-17-5-6-18(9-11(17)3)12-7-10(2)14(16)13(8-12)15(19)20/h7-8,11H,4-6,9,16H2,1-3H3,(H,19,20). The number of carboxylic acid groups (broad SMARTS) is 1. The fourth-order valence-corrected chi connectivity index (χ4v) is 2.84. The van der Waals surface area contributed by atoms with Crippen LogP contribution in [0.25, 0.3) is 0 Å². The summed E-state index contributed by atoms with van der Waals surface area (Å²) >= 11 is 0. The van der Waals surface area contributed by atoms with Crippen molar-refractivity contribution in [2.45, 2.75) is 26.8 Å². The molecule has 0 amide bonds. The Balaban J connectivity index is 2.28. The third-order valence-corrected chi connectivity index (χ3v) is 4.14. The number of likely N-dealkylation sites (N-methyl/N-ethyl adjacent to an activating group) is 1. The number of nitrogens with zero attached hydrogens (tertiary/aromatic N) is 2. The van der Waals surface area contributed by atoms with Crippen LogP contribution < -0.4 is 10.6 Å². The molecule has 1 atom stereocenters. The molecule has 0 aliphatic carbocycles. The second-order valence-electron chi connectivity index (χ2n) is 5.45. The molecule has 0 bridgehead atoms. The summed E-state index contributed by atoms with van der Waals surface area (Å²) in [6.45, 7) is 10.1. The number of hydrogen-bond donors (Lipinski definition) is 2. The zero-order chi connectivity index (χ0) is 14.9. The molecule has 0 saturated carbocycles. The van der Waals surface area contributed by atoms with Crippen molar-refractivity contribution in [2.75, 3.05) is 36.8 Å². The highest BCUT2D eigenvalue weighted by molar-refractivity contribution is 5.95. The third-order valence-electron chi connectivity index (χ3n) is 4.14. The van der Waals surface area contributed by atoms with Gasteiger partial charge in [-0.15, -0.1) is 0 Å². The topological polar surface area (TPSA) is 69.8 Å². The van der Waals surface area contributed by atoms with Gasteiger partial charge in [-0.05, 0) is 38.1 Å². The summed E-state index contributed by atoms with van der Waals surface area (Å²) in [5.41, 5.74) is 8.19. The Labute approximate surface area is 120 Å². The number of nitrogens with two attached hydrogens (primary N) is 1. The summed E-state index contributed by atoms with van der Waals surface area (Å²) in [5.74, 6) is -0.965. The van der Waals surface area contributed by atoms with Gasteiger partial charge in [0.05, 0.1) is 5.56 Å². The van der Waals surface area contributed by atoms with Crippen LogP contribution in [0.3, 0.4) is 0 Å². The predicted molar refractivity (Wildman–Crippen MR) is 81.5 cm³/mol. The quantitative estimate of drug-likeness (QED) is 0.825. The molecule has 2 rings (SSSR count). The second kappa shape index (κ2) is 5.71. The minimum absolute atomic E-state index is 0.200. The Hall–Kier alpha value is -1.75. The minimum atomic E-state index is -0.965. The van der Waals surface area contributed by atoms with Gasteiger partial charge in [0, 0.05) is 37.1 Å². The fourth-order valence-electron chi connectivity index (χ4n) is 2.84. The predicted octanol–water partition coefficient (Wildman–Crippen LogP) is 1.81. The second-order valence-corrected chi connectivity index (χ2v) is 5.45. The average Bonchev–Trinajstić information content (AvgIpc) is 2.41. The van der Waals surface area contributed by atoms with E-state index in [9.17, 15) is 9.90 Å². The molecule has 1 aromatic rings. The van der Waals surface area contributed by atoms with Gasteiger partial charge in [-0.1, -0.05) is 6.92 Å². The van der Waals surface area contributed by atoms with E-state index in [4.69, 9.17) is 5.73 Å². The van der Waals surface area contributed by atoms with Gasteiger partial charge in [0.15, 0.2) is 0 Å². The van der Waals surface area contributed by atoms with Crippen LogP contribution in [0.15, 0.2) is 12.1 Å². The summed E-state index contributed by atoms with van der Waals surface area (Å²) < 4.78 is 0. The first-order valence-corrected chi connectivity index (χ1v) is 7.06. The highest BCUT2D eigenvalue weighted by Gasteiger charge is 2.24. The molecular weight excluding hydrogens is 254 g/mol. The number of rotatable bonds is 3. The number of carboxylic acids is 1. The summed E-state index contributed by atoms with van der Waals surface area (Å²) in [6, 6.07) is 4.15. The van der Waals surface area contributed by atoms with E-state index < -0.39 is 5.97 Å². The van der Waals surface area contributed by atoms with Crippen molar-refractivity contribution < 1.29 is 9.90 Å². The molecule has 1 unspecified atom stereocenters. The number of nitrogen functional groups attached to an aromatic ring is 1. The Morgan fingerprint density at radius 1 is 1.45 bits per heavy atom. The fraction of sp³-hybridized carbons (Fsp3) is 0.533. The van der Waals surface area contributed by atoms with Gasteiger partial charge in [-0.3, -0.25) is 4.90 Å². The molecule has 1 fully saturated rings. The van der Waals surface area contributed by atoms with E-state index in [1.807, 2.05) is 13.0 Å².